The van der Waals surface area contributed by atoms with Crippen molar-refractivity contribution in [2.24, 2.45) is 5.73 Å². The van der Waals surface area contributed by atoms with Gasteiger partial charge in [0.2, 0.25) is 5.91 Å². The predicted molar refractivity (Wildman–Crippen MR) is 87.2 cm³/mol. The first-order valence-corrected chi connectivity index (χ1v) is 7.75. The van der Waals surface area contributed by atoms with Crippen LogP contribution in [0, 0.1) is 20.8 Å². The van der Waals surface area contributed by atoms with Crippen LogP contribution in [0.15, 0.2) is 24.3 Å². The van der Waals surface area contributed by atoms with Crippen molar-refractivity contribution in [1.29, 1.82) is 0 Å². The number of nitrogens with one attached hydrogen (secondary N) is 1. The highest BCUT2D eigenvalue weighted by Gasteiger charge is 2.36. The molecule has 2 heterocycles. The second-order valence-electron chi connectivity index (χ2n) is 6.07. The van der Waals surface area contributed by atoms with E-state index in [0.717, 1.165) is 28.3 Å². The number of carbonyl (C=O) groups excluding carboxylic acids is 1. The Morgan fingerprint density at radius 1 is 1.35 bits per heavy atom. The molecule has 0 saturated carbocycles. The molecule has 23 heavy (non-hydrogen) atoms. The fourth-order valence-electron chi connectivity index (χ4n) is 2.90. The molecule has 2 aromatic rings. The molecule has 1 atom stereocenters. The third kappa shape index (κ3) is 2.94. The monoisotopic (exact) mass is 314 g/mol. The topological polar surface area (TPSA) is 84.2 Å². The zero-order valence-electron chi connectivity index (χ0n) is 13.7. The molecule has 1 fully saturated rings. The van der Waals surface area contributed by atoms with Gasteiger partial charge in [0.15, 0.2) is 0 Å². The lowest BCUT2D eigenvalue weighted by Gasteiger charge is -2.40. The standard InChI is InChI=1S/C17H22N4O2/c1-10-6-4-5-7-14(10)23-13-8-21(9-13)17(22)16(18)15-11(2)19-20-12(15)3/h4-7,13,16H,8-9,18H2,1-3H3,(H,19,20). The summed E-state index contributed by atoms with van der Waals surface area (Å²) in [5.74, 6) is 0.789. The summed E-state index contributed by atoms with van der Waals surface area (Å²) >= 11 is 0. The van der Waals surface area contributed by atoms with Crippen LogP contribution in [0.3, 0.4) is 0 Å². The van der Waals surface area contributed by atoms with Crippen molar-refractivity contribution in [2.75, 3.05) is 13.1 Å². The van der Waals surface area contributed by atoms with E-state index >= 15 is 0 Å². The number of nitrogens with two attached hydrogens (primary N) is 1. The molecule has 1 unspecified atom stereocenters. The van der Waals surface area contributed by atoms with Gasteiger partial charge in [-0.15, -0.1) is 0 Å². The quantitative estimate of drug-likeness (QED) is 0.898. The number of hydrogen-bond donors (Lipinski definition) is 2. The number of H-pyrrole nitrogens is 1. The van der Waals surface area contributed by atoms with Crippen molar-refractivity contribution in [3.05, 3.63) is 46.8 Å². The van der Waals surface area contributed by atoms with Crippen LogP contribution in [0.1, 0.15) is 28.6 Å². The van der Waals surface area contributed by atoms with Crippen LogP contribution in [0.4, 0.5) is 0 Å². The third-order valence-corrected chi connectivity index (χ3v) is 4.31. The SMILES string of the molecule is Cc1ccccc1OC1CN(C(=O)C(N)c2c(C)n[nH]c2C)C1. The highest BCUT2D eigenvalue weighted by atomic mass is 16.5. The van der Waals surface area contributed by atoms with Gasteiger partial charge in [0.05, 0.1) is 18.8 Å². The molecular weight excluding hydrogens is 292 g/mol. The van der Waals surface area contributed by atoms with E-state index in [0.29, 0.717) is 13.1 Å². The number of benzene rings is 1. The first-order chi connectivity index (χ1) is 11.0. The number of nitrogens with zero attached hydrogens (tertiary/aromatic N) is 2. The van der Waals surface area contributed by atoms with Gasteiger partial charge in [-0.05, 0) is 32.4 Å². The highest BCUT2D eigenvalue weighted by Crippen LogP contribution is 2.25. The summed E-state index contributed by atoms with van der Waals surface area (Å²) in [5, 5.41) is 6.97. The van der Waals surface area contributed by atoms with Gasteiger partial charge in [-0.25, -0.2) is 0 Å². The van der Waals surface area contributed by atoms with Crippen molar-refractivity contribution in [2.45, 2.75) is 32.9 Å². The summed E-state index contributed by atoms with van der Waals surface area (Å²) in [5.41, 5.74) is 9.63. The van der Waals surface area contributed by atoms with Gasteiger partial charge < -0.3 is 15.4 Å². The fourth-order valence-corrected chi connectivity index (χ4v) is 2.90. The van der Waals surface area contributed by atoms with E-state index in [4.69, 9.17) is 10.5 Å². The maximum Gasteiger partial charge on any atom is 0.244 e. The Kier molecular flexibility index (Phi) is 4.09. The Hall–Kier alpha value is -2.34. The molecule has 0 bridgehead atoms. The molecule has 1 aliphatic rings. The fraction of sp³-hybridized carbons (Fsp3) is 0.412. The lowest BCUT2D eigenvalue weighted by molar-refractivity contribution is -0.141. The van der Waals surface area contributed by atoms with Gasteiger partial charge in [0.25, 0.3) is 0 Å². The minimum Gasteiger partial charge on any atom is -0.486 e. The normalized spacial score (nSPS) is 16.1. The van der Waals surface area contributed by atoms with Crippen LogP contribution >= 0.6 is 0 Å². The number of amides is 1. The summed E-state index contributed by atoms with van der Waals surface area (Å²) in [6.07, 6.45) is 0.0267. The predicted octanol–water partition coefficient (Wildman–Crippen LogP) is 1.62. The van der Waals surface area contributed by atoms with Crippen LogP contribution in [0.25, 0.3) is 0 Å². The number of rotatable bonds is 4. The lowest BCUT2D eigenvalue weighted by Crippen LogP contribution is -2.58. The molecule has 122 valence electrons. The number of aryl methyl sites for hydroxylation is 3. The number of ether oxygens (including phenoxy) is 1. The summed E-state index contributed by atoms with van der Waals surface area (Å²) in [7, 11) is 0. The van der Waals surface area contributed by atoms with E-state index in [2.05, 4.69) is 10.2 Å². The molecule has 1 aromatic heterocycles. The van der Waals surface area contributed by atoms with E-state index < -0.39 is 6.04 Å². The molecule has 0 radical (unpaired) electrons. The lowest BCUT2D eigenvalue weighted by atomic mass is 10.0. The highest BCUT2D eigenvalue weighted by molar-refractivity contribution is 5.84. The largest absolute Gasteiger partial charge is 0.486 e. The van der Waals surface area contributed by atoms with Gasteiger partial charge in [0.1, 0.15) is 17.9 Å². The van der Waals surface area contributed by atoms with Crippen molar-refractivity contribution in [3.8, 4) is 5.75 Å². The van der Waals surface area contributed by atoms with Crippen molar-refractivity contribution in [1.82, 2.24) is 15.1 Å². The molecule has 3 rings (SSSR count). The molecule has 3 N–H and O–H groups in total. The molecule has 1 saturated heterocycles. The molecule has 1 aromatic carbocycles. The van der Waals surface area contributed by atoms with Gasteiger partial charge in [-0.1, -0.05) is 18.2 Å². The van der Waals surface area contributed by atoms with Crippen LogP contribution < -0.4 is 10.5 Å². The number of carbonyl (C=O) groups is 1. The van der Waals surface area contributed by atoms with Crippen molar-refractivity contribution >= 4 is 5.91 Å². The zero-order chi connectivity index (χ0) is 16.6. The Morgan fingerprint density at radius 3 is 2.65 bits per heavy atom. The second-order valence-corrected chi connectivity index (χ2v) is 6.07. The summed E-state index contributed by atoms with van der Waals surface area (Å²) in [4.78, 5) is 14.2. The van der Waals surface area contributed by atoms with Crippen LogP contribution in [0.5, 0.6) is 5.75 Å². The summed E-state index contributed by atoms with van der Waals surface area (Å²) in [6.45, 7) is 6.87. The molecule has 0 spiro atoms. The maximum absolute atomic E-state index is 12.5. The number of aromatic amines is 1. The van der Waals surface area contributed by atoms with E-state index in [-0.39, 0.29) is 12.0 Å². The average Bonchev–Trinajstić information content (AvgIpc) is 2.82. The summed E-state index contributed by atoms with van der Waals surface area (Å²) in [6, 6.07) is 7.21. The molecule has 0 aliphatic carbocycles. The van der Waals surface area contributed by atoms with Gasteiger partial charge in [-0.2, -0.15) is 5.10 Å². The minimum atomic E-state index is -0.673. The molecule has 1 aliphatic heterocycles. The van der Waals surface area contributed by atoms with Gasteiger partial charge >= 0.3 is 0 Å². The van der Waals surface area contributed by atoms with Gasteiger partial charge in [-0.3, -0.25) is 9.89 Å². The van der Waals surface area contributed by atoms with E-state index in [1.165, 1.54) is 0 Å². The molecule has 6 nitrogen and oxygen atoms in total. The van der Waals surface area contributed by atoms with Crippen LogP contribution in [-0.4, -0.2) is 40.2 Å². The second kappa shape index (κ2) is 6.04. The minimum absolute atomic E-state index is 0.0267. The van der Waals surface area contributed by atoms with Crippen LogP contribution in [-0.2, 0) is 4.79 Å². The average molecular weight is 314 g/mol. The molecule has 1 amide bonds. The first kappa shape index (κ1) is 15.6. The number of aromatic nitrogens is 2. The molecule has 6 heteroatoms. The van der Waals surface area contributed by atoms with E-state index in [1.807, 2.05) is 45.0 Å². The first-order valence-electron chi connectivity index (χ1n) is 7.75. The Labute approximate surface area is 135 Å². The Balaban J connectivity index is 1.59. The smallest absolute Gasteiger partial charge is 0.244 e. The zero-order valence-corrected chi connectivity index (χ0v) is 13.7. The van der Waals surface area contributed by atoms with Gasteiger partial charge in [0, 0.05) is 11.3 Å². The summed E-state index contributed by atoms with van der Waals surface area (Å²) < 4.78 is 5.93. The number of hydrogen-bond acceptors (Lipinski definition) is 4. The maximum atomic E-state index is 12.5. The third-order valence-electron chi connectivity index (χ3n) is 4.31. The van der Waals surface area contributed by atoms with E-state index in [9.17, 15) is 4.79 Å². The number of para-hydroxylation sites is 1. The Morgan fingerprint density at radius 2 is 2.04 bits per heavy atom. The van der Waals surface area contributed by atoms with Crippen molar-refractivity contribution in [3.63, 3.8) is 0 Å². The Bertz CT molecular complexity index is 700. The van der Waals surface area contributed by atoms with Crippen molar-refractivity contribution < 1.29 is 9.53 Å². The number of likely N-dealkylation sites (tertiary alicyclic amines) is 1. The van der Waals surface area contributed by atoms with E-state index in [1.54, 1.807) is 4.90 Å². The molecular formula is C17H22N4O2. The van der Waals surface area contributed by atoms with Crippen LogP contribution in [0.2, 0.25) is 0 Å².